The lowest BCUT2D eigenvalue weighted by molar-refractivity contribution is -0.129. The van der Waals surface area contributed by atoms with Crippen molar-refractivity contribution in [1.29, 1.82) is 5.26 Å². The number of ether oxygens (including phenoxy) is 2. The van der Waals surface area contributed by atoms with Gasteiger partial charge in [0.15, 0.2) is 0 Å². The molecular weight excluding hydrogens is 392 g/mol. The van der Waals surface area contributed by atoms with Crippen molar-refractivity contribution in [3.63, 3.8) is 0 Å². The number of rotatable bonds is 6. The molecule has 0 spiro atoms. The minimum absolute atomic E-state index is 0.175. The van der Waals surface area contributed by atoms with Crippen molar-refractivity contribution in [2.24, 2.45) is 0 Å². The minimum atomic E-state index is -0.801. The van der Waals surface area contributed by atoms with Crippen molar-refractivity contribution < 1.29 is 19.1 Å². The number of nitrogens with one attached hydrogen (secondary N) is 1. The van der Waals surface area contributed by atoms with Gasteiger partial charge >= 0.3 is 5.97 Å². The van der Waals surface area contributed by atoms with Crippen molar-refractivity contribution in [3.05, 3.63) is 95.1 Å². The van der Waals surface area contributed by atoms with Crippen LogP contribution >= 0.6 is 0 Å². The Morgan fingerprint density at radius 2 is 1.65 bits per heavy atom. The highest BCUT2D eigenvalue weighted by molar-refractivity contribution is 6.04. The van der Waals surface area contributed by atoms with Crippen LogP contribution in [-0.4, -0.2) is 19.0 Å². The first-order chi connectivity index (χ1) is 15.0. The van der Waals surface area contributed by atoms with Crippen LogP contribution in [0, 0.1) is 18.3 Å². The summed E-state index contributed by atoms with van der Waals surface area (Å²) >= 11 is 0. The molecule has 154 valence electrons. The maximum atomic E-state index is 12.4. The van der Waals surface area contributed by atoms with Crippen molar-refractivity contribution in [3.8, 4) is 17.6 Å². The first-order valence-corrected chi connectivity index (χ1v) is 9.45. The Kier molecular flexibility index (Phi) is 6.82. The fourth-order valence-corrected chi connectivity index (χ4v) is 2.75. The van der Waals surface area contributed by atoms with Crippen LogP contribution in [0.15, 0.2) is 78.4 Å². The Hall–Kier alpha value is -4.37. The average molecular weight is 412 g/mol. The SMILES string of the molecule is COc1ccccc1/C=C(\C#N)C(=O)Oc1ccc(C(=O)Nc2ccc(C)cc2)cc1. The standard InChI is InChI=1S/C25H20N2O4/c1-17-7-11-21(12-8-17)27-24(28)18-9-13-22(14-10-18)31-25(29)20(16-26)15-19-5-3-4-6-23(19)30-2/h3-15H,1-2H3,(H,27,28)/b20-15+. The Labute approximate surface area is 180 Å². The predicted octanol–water partition coefficient (Wildman–Crippen LogP) is 4.77. The van der Waals surface area contributed by atoms with Crippen LogP contribution in [0.1, 0.15) is 21.5 Å². The van der Waals surface area contributed by atoms with E-state index in [9.17, 15) is 14.9 Å². The molecular formula is C25H20N2O4. The molecule has 0 aliphatic rings. The number of aryl methyl sites for hydroxylation is 1. The smallest absolute Gasteiger partial charge is 0.354 e. The monoisotopic (exact) mass is 412 g/mol. The fourth-order valence-electron chi connectivity index (χ4n) is 2.75. The molecule has 0 saturated carbocycles. The van der Waals surface area contributed by atoms with Crippen LogP contribution in [0.2, 0.25) is 0 Å². The lowest BCUT2D eigenvalue weighted by Gasteiger charge is -2.08. The number of benzene rings is 3. The number of hydrogen-bond acceptors (Lipinski definition) is 5. The van der Waals surface area contributed by atoms with Crippen LogP contribution in [0.3, 0.4) is 0 Å². The Balaban J connectivity index is 1.69. The van der Waals surface area contributed by atoms with Gasteiger partial charge in [-0.3, -0.25) is 4.79 Å². The second-order valence-electron chi connectivity index (χ2n) is 6.65. The van der Waals surface area contributed by atoms with Crippen LogP contribution in [0.25, 0.3) is 6.08 Å². The molecule has 6 heteroatoms. The summed E-state index contributed by atoms with van der Waals surface area (Å²) in [6.45, 7) is 1.97. The molecule has 6 nitrogen and oxygen atoms in total. The van der Waals surface area contributed by atoms with Crippen molar-refractivity contribution in [2.75, 3.05) is 12.4 Å². The molecule has 0 aliphatic heterocycles. The Morgan fingerprint density at radius 1 is 0.968 bits per heavy atom. The Morgan fingerprint density at radius 3 is 2.29 bits per heavy atom. The molecule has 3 rings (SSSR count). The first kappa shape index (κ1) is 21.3. The van der Waals surface area contributed by atoms with Gasteiger partial charge in [-0.25, -0.2) is 4.79 Å². The summed E-state index contributed by atoms with van der Waals surface area (Å²) in [5.41, 5.74) is 2.60. The number of esters is 1. The molecule has 0 heterocycles. The molecule has 0 radical (unpaired) electrons. The molecule has 31 heavy (non-hydrogen) atoms. The van der Waals surface area contributed by atoms with E-state index in [1.165, 1.54) is 25.3 Å². The highest BCUT2D eigenvalue weighted by atomic mass is 16.5. The van der Waals surface area contributed by atoms with Crippen LogP contribution in [-0.2, 0) is 4.79 Å². The van der Waals surface area contributed by atoms with Gasteiger partial charge in [-0.1, -0.05) is 35.9 Å². The van der Waals surface area contributed by atoms with E-state index in [1.807, 2.05) is 37.3 Å². The molecule has 0 fully saturated rings. The van der Waals surface area contributed by atoms with E-state index in [0.717, 1.165) is 5.56 Å². The van der Waals surface area contributed by atoms with E-state index in [1.54, 1.807) is 36.4 Å². The van der Waals surface area contributed by atoms with Gasteiger partial charge in [0.05, 0.1) is 7.11 Å². The van der Waals surface area contributed by atoms with Gasteiger partial charge in [0.2, 0.25) is 0 Å². The third kappa shape index (κ3) is 5.58. The molecule has 0 atom stereocenters. The summed E-state index contributed by atoms with van der Waals surface area (Å²) in [4.78, 5) is 24.8. The van der Waals surface area contributed by atoms with Gasteiger partial charge in [0.1, 0.15) is 23.1 Å². The summed E-state index contributed by atoms with van der Waals surface area (Å²) in [5, 5.41) is 12.2. The van der Waals surface area contributed by atoms with Crippen LogP contribution in [0.5, 0.6) is 11.5 Å². The van der Waals surface area contributed by atoms with Crippen molar-refractivity contribution in [1.82, 2.24) is 0 Å². The normalized spacial score (nSPS) is 10.7. The van der Waals surface area contributed by atoms with Gasteiger partial charge in [0.25, 0.3) is 5.91 Å². The maximum absolute atomic E-state index is 12.4. The van der Waals surface area contributed by atoms with E-state index in [2.05, 4.69) is 5.32 Å². The number of hydrogen-bond donors (Lipinski definition) is 1. The lowest BCUT2D eigenvalue weighted by Crippen LogP contribution is -2.13. The molecule has 3 aromatic carbocycles. The number of para-hydroxylation sites is 1. The summed E-state index contributed by atoms with van der Waals surface area (Å²) in [5.74, 6) is -0.328. The zero-order valence-corrected chi connectivity index (χ0v) is 17.1. The zero-order chi connectivity index (χ0) is 22.2. The predicted molar refractivity (Wildman–Crippen MR) is 118 cm³/mol. The van der Waals surface area contributed by atoms with E-state index in [4.69, 9.17) is 9.47 Å². The minimum Gasteiger partial charge on any atom is -0.496 e. The first-order valence-electron chi connectivity index (χ1n) is 9.45. The molecule has 3 aromatic rings. The van der Waals surface area contributed by atoms with Gasteiger partial charge in [-0.15, -0.1) is 0 Å². The number of nitrogens with zero attached hydrogens (tertiary/aromatic N) is 1. The second-order valence-corrected chi connectivity index (χ2v) is 6.65. The molecule has 0 aromatic heterocycles. The summed E-state index contributed by atoms with van der Waals surface area (Å²) in [7, 11) is 1.51. The third-order valence-electron chi connectivity index (χ3n) is 4.42. The second kappa shape index (κ2) is 9.90. The van der Waals surface area contributed by atoms with Gasteiger partial charge in [0, 0.05) is 16.8 Å². The van der Waals surface area contributed by atoms with Crippen molar-refractivity contribution >= 4 is 23.6 Å². The maximum Gasteiger partial charge on any atom is 0.354 e. The number of anilines is 1. The lowest BCUT2D eigenvalue weighted by atomic mass is 10.1. The molecule has 0 aliphatic carbocycles. The zero-order valence-electron chi connectivity index (χ0n) is 17.1. The van der Waals surface area contributed by atoms with Gasteiger partial charge in [-0.05, 0) is 55.5 Å². The number of carbonyl (C=O) groups excluding carboxylic acids is 2. The van der Waals surface area contributed by atoms with E-state index in [0.29, 0.717) is 22.6 Å². The van der Waals surface area contributed by atoms with E-state index < -0.39 is 5.97 Å². The topological polar surface area (TPSA) is 88.4 Å². The van der Waals surface area contributed by atoms with Crippen LogP contribution < -0.4 is 14.8 Å². The molecule has 1 amide bonds. The van der Waals surface area contributed by atoms with Gasteiger partial charge in [-0.2, -0.15) is 5.26 Å². The molecule has 0 bridgehead atoms. The van der Waals surface area contributed by atoms with Crippen molar-refractivity contribution in [2.45, 2.75) is 6.92 Å². The summed E-state index contributed by atoms with van der Waals surface area (Å²) in [6.07, 6.45) is 1.41. The largest absolute Gasteiger partial charge is 0.496 e. The van der Waals surface area contributed by atoms with E-state index >= 15 is 0 Å². The quantitative estimate of drug-likeness (QED) is 0.273. The fraction of sp³-hybridized carbons (Fsp3) is 0.0800. The van der Waals surface area contributed by atoms with E-state index in [-0.39, 0.29) is 17.2 Å². The molecule has 0 unspecified atom stereocenters. The number of carbonyl (C=O) groups is 2. The summed E-state index contributed by atoms with van der Waals surface area (Å²) in [6, 6.07) is 22.4. The highest BCUT2D eigenvalue weighted by Crippen LogP contribution is 2.21. The highest BCUT2D eigenvalue weighted by Gasteiger charge is 2.14. The number of amides is 1. The molecule has 0 saturated heterocycles. The van der Waals surface area contributed by atoms with Crippen LogP contribution in [0.4, 0.5) is 5.69 Å². The molecule has 1 N–H and O–H groups in total. The third-order valence-corrected chi connectivity index (χ3v) is 4.42. The average Bonchev–Trinajstić information content (AvgIpc) is 2.79. The van der Waals surface area contributed by atoms with Gasteiger partial charge < -0.3 is 14.8 Å². The summed E-state index contributed by atoms with van der Waals surface area (Å²) < 4.78 is 10.5. The number of methoxy groups -OCH3 is 1. The Bertz CT molecular complexity index is 1160. The number of nitriles is 1.